The molecule has 118 valence electrons. The highest BCUT2D eigenvalue weighted by atomic mass is 15.2. The van der Waals surface area contributed by atoms with Crippen LogP contribution in [0.5, 0.6) is 0 Å². The second-order valence-corrected chi connectivity index (χ2v) is 6.28. The van der Waals surface area contributed by atoms with E-state index in [1.807, 2.05) is 6.20 Å². The second-order valence-electron chi connectivity index (χ2n) is 6.28. The number of likely N-dealkylation sites (N-methyl/N-ethyl adjacent to an activating group) is 1. The number of rotatable bonds is 5. The zero-order valence-corrected chi connectivity index (χ0v) is 14.0. The number of nitrogens with zero attached hydrogens (tertiary/aromatic N) is 3. The molecule has 0 bridgehead atoms. The number of nitrogens with one attached hydrogen (secondary N) is 1. The van der Waals surface area contributed by atoms with Gasteiger partial charge in [-0.05, 0) is 59.0 Å². The Morgan fingerprint density at radius 1 is 1.38 bits per heavy atom. The van der Waals surface area contributed by atoms with E-state index >= 15 is 0 Å². The standard InChI is InChI=1S/C17H30N4/c1-5-9-18-15(3)17-8-7-16(12-19-17)21-11-6-10-20(4)13-14(21)2/h7-8,12,14-15,18H,5-6,9-11,13H2,1-4H3. The van der Waals surface area contributed by atoms with E-state index in [4.69, 9.17) is 0 Å². The van der Waals surface area contributed by atoms with Crippen molar-refractivity contribution in [3.05, 3.63) is 24.0 Å². The molecule has 0 amide bonds. The van der Waals surface area contributed by atoms with Crippen molar-refractivity contribution in [3.63, 3.8) is 0 Å². The summed E-state index contributed by atoms with van der Waals surface area (Å²) in [6.45, 7) is 11.1. The molecule has 1 aromatic rings. The van der Waals surface area contributed by atoms with Gasteiger partial charge < -0.3 is 15.1 Å². The Bertz CT molecular complexity index is 417. The Hall–Kier alpha value is -1.13. The maximum atomic E-state index is 4.67. The van der Waals surface area contributed by atoms with Gasteiger partial charge in [-0.1, -0.05) is 6.92 Å². The average molecular weight is 290 g/mol. The molecule has 1 aromatic heterocycles. The number of hydrogen-bond donors (Lipinski definition) is 1. The number of hydrogen-bond acceptors (Lipinski definition) is 4. The molecule has 21 heavy (non-hydrogen) atoms. The molecule has 2 rings (SSSR count). The van der Waals surface area contributed by atoms with Gasteiger partial charge in [0.1, 0.15) is 0 Å². The summed E-state index contributed by atoms with van der Waals surface area (Å²) in [5.74, 6) is 0. The minimum absolute atomic E-state index is 0.326. The Balaban J connectivity index is 2.03. The van der Waals surface area contributed by atoms with Gasteiger partial charge in [0, 0.05) is 25.2 Å². The molecule has 1 aliphatic rings. The van der Waals surface area contributed by atoms with E-state index in [2.05, 4.69) is 60.1 Å². The second kappa shape index (κ2) is 7.76. The van der Waals surface area contributed by atoms with Crippen LogP contribution in [0, 0.1) is 0 Å². The molecule has 0 spiro atoms. The third-order valence-corrected chi connectivity index (χ3v) is 4.29. The van der Waals surface area contributed by atoms with Crippen LogP contribution in [0.1, 0.15) is 45.3 Å². The van der Waals surface area contributed by atoms with Crippen molar-refractivity contribution in [1.29, 1.82) is 0 Å². The Morgan fingerprint density at radius 3 is 2.86 bits per heavy atom. The lowest BCUT2D eigenvalue weighted by Gasteiger charge is -2.30. The lowest BCUT2D eigenvalue weighted by atomic mass is 10.2. The fourth-order valence-corrected chi connectivity index (χ4v) is 3.04. The average Bonchev–Trinajstić information content (AvgIpc) is 2.65. The maximum absolute atomic E-state index is 4.67. The van der Waals surface area contributed by atoms with Crippen molar-refractivity contribution in [1.82, 2.24) is 15.2 Å². The predicted molar refractivity (Wildman–Crippen MR) is 89.9 cm³/mol. The number of pyridine rings is 1. The normalized spacial score (nSPS) is 22.1. The predicted octanol–water partition coefficient (Wildman–Crippen LogP) is 2.67. The van der Waals surface area contributed by atoms with Crippen LogP contribution in [0.3, 0.4) is 0 Å². The smallest absolute Gasteiger partial charge is 0.0572 e. The summed E-state index contributed by atoms with van der Waals surface area (Å²) in [6.07, 6.45) is 4.42. The quantitative estimate of drug-likeness (QED) is 0.903. The van der Waals surface area contributed by atoms with Crippen LogP contribution in [0.4, 0.5) is 5.69 Å². The van der Waals surface area contributed by atoms with Gasteiger partial charge in [-0.25, -0.2) is 0 Å². The van der Waals surface area contributed by atoms with Gasteiger partial charge in [0.05, 0.1) is 17.6 Å². The number of anilines is 1. The Morgan fingerprint density at radius 2 is 2.19 bits per heavy atom. The SMILES string of the molecule is CCCNC(C)c1ccc(N2CCCN(C)CC2C)cn1. The zero-order chi connectivity index (χ0) is 15.2. The highest BCUT2D eigenvalue weighted by Gasteiger charge is 2.20. The highest BCUT2D eigenvalue weighted by Crippen LogP contribution is 2.21. The van der Waals surface area contributed by atoms with Crippen LogP contribution in [0.25, 0.3) is 0 Å². The molecule has 2 heterocycles. The number of aromatic nitrogens is 1. The molecular weight excluding hydrogens is 260 g/mol. The van der Waals surface area contributed by atoms with Crippen LogP contribution in [0.15, 0.2) is 18.3 Å². The largest absolute Gasteiger partial charge is 0.366 e. The van der Waals surface area contributed by atoms with Gasteiger partial charge in [0.2, 0.25) is 0 Å². The van der Waals surface area contributed by atoms with E-state index in [-0.39, 0.29) is 0 Å². The molecule has 4 heteroatoms. The van der Waals surface area contributed by atoms with Gasteiger partial charge in [-0.15, -0.1) is 0 Å². The molecule has 0 radical (unpaired) electrons. The van der Waals surface area contributed by atoms with E-state index in [1.54, 1.807) is 0 Å². The summed E-state index contributed by atoms with van der Waals surface area (Å²) in [4.78, 5) is 9.58. The van der Waals surface area contributed by atoms with Gasteiger partial charge in [-0.2, -0.15) is 0 Å². The third kappa shape index (κ3) is 4.42. The molecule has 2 unspecified atom stereocenters. The summed E-state index contributed by atoms with van der Waals surface area (Å²) in [5.41, 5.74) is 2.39. The van der Waals surface area contributed by atoms with E-state index in [0.717, 1.165) is 31.7 Å². The van der Waals surface area contributed by atoms with Crippen molar-refractivity contribution in [3.8, 4) is 0 Å². The lowest BCUT2D eigenvalue weighted by molar-refractivity contribution is 0.337. The van der Waals surface area contributed by atoms with Crippen LogP contribution >= 0.6 is 0 Å². The zero-order valence-electron chi connectivity index (χ0n) is 14.0. The van der Waals surface area contributed by atoms with Gasteiger partial charge in [-0.3, -0.25) is 4.98 Å². The fraction of sp³-hybridized carbons (Fsp3) is 0.706. The third-order valence-electron chi connectivity index (χ3n) is 4.29. The van der Waals surface area contributed by atoms with Crippen molar-refractivity contribution in [2.45, 2.75) is 45.7 Å². The molecule has 1 aliphatic heterocycles. The lowest BCUT2D eigenvalue weighted by Crippen LogP contribution is -2.38. The molecule has 0 aliphatic carbocycles. The Kier molecular flexibility index (Phi) is 6.00. The van der Waals surface area contributed by atoms with Crippen LogP contribution in [-0.4, -0.2) is 49.2 Å². The molecule has 0 saturated carbocycles. The highest BCUT2D eigenvalue weighted by molar-refractivity contribution is 5.46. The van der Waals surface area contributed by atoms with Crippen LogP contribution in [0.2, 0.25) is 0 Å². The first-order valence-electron chi connectivity index (χ1n) is 8.26. The van der Waals surface area contributed by atoms with Crippen molar-refractivity contribution in [2.75, 3.05) is 38.1 Å². The monoisotopic (exact) mass is 290 g/mol. The van der Waals surface area contributed by atoms with E-state index < -0.39 is 0 Å². The van der Waals surface area contributed by atoms with Crippen LogP contribution < -0.4 is 10.2 Å². The summed E-state index contributed by atoms with van der Waals surface area (Å²) in [5, 5.41) is 3.49. The summed E-state index contributed by atoms with van der Waals surface area (Å²) >= 11 is 0. The fourth-order valence-electron chi connectivity index (χ4n) is 3.04. The molecule has 1 fully saturated rings. The summed E-state index contributed by atoms with van der Waals surface area (Å²) in [7, 11) is 2.21. The molecule has 1 saturated heterocycles. The topological polar surface area (TPSA) is 31.4 Å². The maximum Gasteiger partial charge on any atom is 0.0572 e. The molecule has 0 aromatic carbocycles. The minimum atomic E-state index is 0.326. The van der Waals surface area contributed by atoms with Crippen molar-refractivity contribution < 1.29 is 0 Å². The van der Waals surface area contributed by atoms with Gasteiger partial charge in [0.15, 0.2) is 0 Å². The first-order chi connectivity index (χ1) is 10.1. The first-order valence-corrected chi connectivity index (χ1v) is 8.26. The molecular formula is C17H30N4. The van der Waals surface area contributed by atoms with Crippen LogP contribution in [-0.2, 0) is 0 Å². The Labute approximate surface area is 129 Å². The van der Waals surface area contributed by atoms with Gasteiger partial charge in [0.25, 0.3) is 0 Å². The molecule has 1 N–H and O–H groups in total. The minimum Gasteiger partial charge on any atom is -0.366 e. The first kappa shape index (κ1) is 16.2. The van der Waals surface area contributed by atoms with Crippen molar-refractivity contribution >= 4 is 5.69 Å². The summed E-state index contributed by atoms with van der Waals surface area (Å²) < 4.78 is 0. The van der Waals surface area contributed by atoms with Gasteiger partial charge >= 0.3 is 0 Å². The van der Waals surface area contributed by atoms with Crippen molar-refractivity contribution in [2.24, 2.45) is 0 Å². The van der Waals surface area contributed by atoms with E-state index in [1.165, 1.54) is 18.7 Å². The molecule has 4 nitrogen and oxygen atoms in total. The summed E-state index contributed by atoms with van der Waals surface area (Å²) in [6, 6.07) is 5.27. The van der Waals surface area contributed by atoms with E-state index in [9.17, 15) is 0 Å². The molecule has 2 atom stereocenters. The van der Waals surface area contributed by atoms with E-state index in [0.29, 0.717) is 12.1 Å².